The average molecular weight is 309 g/mol. The van der Waals surface area contributed by atoms with Gasteiger partial charge in [0.25, 0.3) is 5.91 Å². The fraction of sp³-hybridized carbons (Fsp3) is 0.350. The van der Waals surface area contributed by atoms with Crippen molar-refractivity contribution in [3.8, 4) is 5.75 Å². The molecule has 2 aromatic rings. The molecule has 1 amide bonds. The van der Waals surface area contributed by atoms with Crippen LogP contribution in [-0.4, -0.2) is 18.6 Å². The summed E-state index contributed by atoms with van der Waals surface area (Å²) in [5.41, 5.74) is 2.52. The van der Waals surface area contributed by atoms with Gasteiger partial charge >= 0.3 is 0 Å². The van der Waals surface area contributed by atoms with Gasteiger partial charge in [-0.25, -0.2) is 0 Å². The summed E-state index contributed by atoms with van der Waals surface area (Å²) in [6.45, 7) is 8.93. The van der Waals surface area contributed by atoms with E-state index in [4.69, 9.17) is 4.74 Å². The highest BCUT2D eigenvalue weighted by atomic mass is 16.5. The molecule has 120 valence electrons. The van der Waals surface area contributed by atoms with Crippen LogP contribution in [-0.2, 0) is 0 Å². The summed E-state index contributed by atoms with van der Waals surface area (Å²) in [5.74, 6) is 0.814. The second kappa shape index (κ2) is 5.73. The zero-order chi connectivity index (χ0) is 16.6. The summed E-state index contributed by atoms with van der Waals surface area (Å²) in [6.07, 6.45) is 0. The second-order valence-corrected chi connectivity index (χ2v) is 7.15. The average Bonchev–Trinajstić information content (AvgIpc) is 2.52. The van der Waals surface area contributed by atoms with Crippen LogP contribution in [0.5, 0.6) is 5.75 Å². The number of carbonyl (C=O) groups is 1. The minimum absolute atomic E-state index is 0.00972. The van der Waals surface area contributed by atoms with Crippen LogP contribution in [0, 0.1) is 12.3 Å². The van der Waals surface area contributed by atoms with Gasteiger partial charge in [-0.2, -0.15) is 0 Å². The molecule has 0 radical (unpaired) electrons. The molecule has 1 atom stereocenters. The van der Waals surface area contributed by atoms with Gasteiger partial charge in [-0.1, -0.05) is 51.1 Å². The van der Waals surface area contributed by atoms with Crippen molar-refractivity contribution >= 4 is 11.6 Å². The van der Waals surface area contributed by atoms with E-state index in [1.807, 2.05) is 60.4 Å². The number of ether oxygens (including phenoxy) is 1. The predicted molar refractivity (Wildman–Crippen MR) is 93.2 cm³/mol. The maximum absolute atomic E-state index is 13.3. The lowest BCUT2D eigenvalue weighted by Crippen LogP contribution is -2.53. The SMILES string of the molecule is Cc1ccccc1C(=O)N1c2ccccc2OC[C@H]1C(C)(C)C. The monoisotopic (exact) mass is 309 g/mol. The molecule has 1 aliphatic rings. The van der Waals surface area contributed by atoms with E-state index in [0.29, 0.717) is 6.61 Å². The number of rotatable bonds is 1. The van der Waals surface area contributed by atoms with Crippen LogP contribution in [0.1, 0.15) is 36.7 Å². The fourth-order valence-electron chi connectivity index (χ4n) is 3.02. The van der Waals surface area contributed by atoms with Crippen molar-refractivity contribution in [2.75, 3.05) is 11.5 Å². The van der Waals surface area contributed by atoms with Crippen LogP contribution in [0.4, 0.5) is 5.69 Å². The third kappa shape index (κ3) is 2.83. The number of para-hydroxylation sites is 2. The highest BCUT2D eigenvalue weighted by Crippen LogP contribution is 2.39. The van der Waals surface area contributed by atoms with Crippen molar-refractivity contribution in [2.24, 2.45) is 5.41 Å². The van der Waals surface area contributed by atoms with E-state index in [0.717, 1.165) is 22.6 Å². The summed E-state index contributed by atoms with van der Waals surface area (Å²) < 4.78 is 5.92. The number of nitrogens with zero attached hydrogens (tertiary/aromatic N) is 1. The van der Waals surface area contributed by atoms with E-state index in [-0.39, 0.29) is 17.4 Å². The van der Waals surface area contributed by atoms with E-state index in [1.54, 1.807) is 0 Å². The summed E-state index contributed by atoms with van der Waals surface area (Å²) in [7, 11) is 0. The molecule has 3 heteroatoms. The van der Waals surface area contributed by atoms with Gasteiger partial charge in [-0.15, -0.1) is 0 Å². The predicted octanol–water partition coefficient (Wildman–Crippen LogP) is 4.45. The van der Waals surface area contributed by atoms with Gasteiger partial charge in [-0.05, 0) is 36.1 Å². The molecule has 3 rings (SSSR count). The number of aryl methyl sites for hydroxylation is 1. The highest BCUT2D eigenvalue weighted by Gasteiger charge is 2.39. The fourth-order valence-corrected chi connectivity index (χ4v) is 3.02. The normalized spacial score (nSPS) is 17.4. The minimum atomic E-state index is -0.0775. The first-order valence-electron chi connectivity index (χ1n) is 8.00. The number of anilines is 1. The van der Waals surface area contributed by atoms with E-state index in [2.05, 4.69) is 20.8 Å². The van der Waals surface area contributed by atoms with Gasteiger partial charge in [0.1, 0.15) is 12.4 Å². The van der Waals surface area contributed by atoms with Crippen LogP contribution in [0.25, 0.3) is 0 Å². The zero-order valence-corrected chi connectivity index (χ0v) is 14.2. The summed E-state index contributed by atoms with van der Waals surface area (Å²) in [6, 6.07) is 15.5. The van der Waals surface area contributed by atoms with Crippen LogP contribution in [0.2, 0.25) is 0 Å². The number of carbonyl (C=O) groups excluding carboxylic acids is 1. The molecule has 3 nitrogen and oxygen atoms in total. The van der Waals surface area contributed by atoms with Crippen LogP contribution in [0.15, 0.2) is 48.5 Å². The molecule has 0 spiro atoms. The largest absolute Gasteiger partial charge is 0.489 e. The maximum Gasteiger partial charge on any atom is 0.259 e. The van der Waals surface area contributed by atoms with Crippen molar-refractivity contribution in [1.82, 2.24) is 0 Å². The maximum atomic E-state index is 13.3. The minimum Gasteiger partial charge on any atom is -0.489 e. The molecule has 1 heterocycles. The second-order valence-electron chi connectivity index (χ2n) is 7.15. The number of fused-ring (bicyclic) bond motifs is 1. The van der Waals surface area contributed by atoms with Crippen molar-refractivity contribution in [3.63, 3.8) is 0 Å². The molecule has 0 fully saturated rings. The molecular weight excluding hydrogens is 286 g/mol. The lowest BCUT2D eigenvalue weighted by molar-refractivity contribution is 0.0910. The number of benzene rings is 2. The topological polar surface area (TPSA) is 29.5 Å². The Balaban J connectivity index is 2.11. The Kier molecular flexibility index (Phi) is 3.88. The Bertz CT molecular complexity index is 730. The Hall–Kier alpha value is -2.29. The first-order valence-corrected chi connectivity index (χ1v) is 8.00. The van der Waals surface area contributed by atoms with Gasteiger partial charge < -0.3 is 4.74 Å². The Morgan fingerprint density at radius 1 is 1.09 bits per heavy atom. The Morgan fingerprint density at radius 3 is 2.43 bits per heavy atom. The summed E-state index contributed by atoms with van der Waals surface area (Å²) in [4.78, 5) is 15.2. The van der Waals surface area contributed by atoms with E-state index in [1.165, 1.54) is 0 Å². The Morgan fingerprint density at radius 2 is 1.74 bits per heavy atom. The molecule has 0 saturated heterocycles. The number of hydrogen-bond acceptors (Lipinski definition) is 2. The first-order chi connectivity index (χ1) is 10.9. The lowest BCUT2D eigenvalue weighted by atomic mass is 9.84. The van der Waals surface area contributed by atoms with Gasteiger partial charge in [0.15, 0.2) is 0 Å². The third-order valence-electron chi connectivity index (χ3n) is 4.43. The Labute approximate surface area is 137 Å². The molecular formula is C20H23NO2. The van der Waals surface area contributed by atoms with Crippen molar-refractivity contribution in [3.05, 3.63) is 59.7 Å². The molecule has 2 aromatic carbocycles. The van der Waals surface area contributed by atoms with Gasteiger partial charge in [0.05, 0.1) is 11.7 Å². The van der Waals surface area contributed by atoms with E-state index >= 15 is 0 Å². The van der Waals surface area contributed by atoms with Crippen molar-refractivity contribution < 1.29 is 9.53 Å². The lowest BCUT2D eigenvalue weighted by Gasteiger charge is -2.43. The molecule has 0 saturated carbocycles. The van der Waals surface area contributed by atoms with Crippen molar-refractivity contribution in [1.29, 1.82) is 0 Å². The molecule has 0 aliphatic carbocycles. The summed E-state index contributed by atoms with van der Waals surface area (Å²) in [5, 5.41) is 0. The highest BCUT2D eigenvalue weighted by molar-refractivity contribution is 6.08. The van der Waals surface area contributed by atoms with Crippen LogP contribution < -0.4 is 9.64 Å². The first kappa shape index (κ1) is 15.6. The quantitative estimate of drug-likeness (QED) is 0.779. The number of amides is 1. The van der Waals surface area contributed by atoms with Gasteiger partial charge in [0.2, 0.25) is 0 Å². The molecule has 0 unspecified atom stereocenters. The molecule has 0 aromatic heterocycles. The molecule has 0 N–H and O–H groups in total. The van der Waals surface area contributed by atoms with Crippen LogP contribution in [0.3, 0.4) is 0 Å². The standard InChI is InChI=1S/C20H23NO2/c1-14-9-5-6-10-15(14)19(22)21-16-11-7-8-12-17(16)23-13-18(21)20(2,3)4/h5-12,18H,13H2,1-4H3/t18-/m0/s1. The van der Waals surface area contributed by atoms with Gasteiger partial charge in [-0.3, -0.25) is 9.69 Å². The number of hydrogen-bond donors (Lipinski definition) is 0. The van der Waals surface area contributed by atoms with Gasteiger partial charge in [0, 0.05) is 5.56 Å². The summed E-state index contributed by atoms with van der Waals surface area (Å²) >= 11 is 0. The van der Waals surface area contributed by atoms with Crippen LogP contribution >= 0.6 is 0 Å². The van der Waals surface area contributed by atoms with Crippen molar-refractivity contribution in [2.45, 2.75) is 33.7 Å². The third-order valence-corrected chi connectivity index (χ3v) is 4.43. The zero-order valence-electron chi connectivity index (χ0n) is 14.2. The van der Waals surface area contributed by atoms with E-state index < -0.39 is 0 Å². The molecule has 1 aliphatic heterocycles. The van der Waals surface area contributed by atoms with E-state index in [9.17, 15) is 4.79 Å². The molecule has 0 bridgehead atoms. The smallest absolute Gasteiger partial charge is 0.259 e. The molecule has 23 heavy (non-hydrogen) atoms.